The number of fused-ring (bicyclic) bond motifs is 1. The molecule has 43 heavy (non-hydrogen) atoms. The van der Waals surface area contributed by atoms with Gasteiger partial charge in [0.05, 0.1) is 16.5 Å². The average Bonchev–Trinajstić information content (AvgIpc) is 3.75. The van der Waals surface area contributed by atoms with E-state index in [0.29, 0.717) is 19.4 Å². The molecule has 12 nitrogen and oxygen atoms in total. The normalized spacial score (nSPS) is 19.6. The number of sulfone groups is 1. The molecule has 3 amide bonds. The van der Waals surface area contributed by atoms with E-state index >= 15 is 0 Å². The molecular weight excluding hydrogens is 570 g/mol. The van der Waals surface area contributed by atoms with Gasteiger partial charge in [-0.2, -0.15) is 0 Å². The smallest absolute Gasteiger partial charge is 0.243 e. The molecule has 1 aromatic heterocycles. The van der Waals surface area contributed by atoms with Crippen molar-refractivity contribution in [1.82, 2.24) is 30.1 Å². The highest BCUT2D eigenvalue weighted by atomic mass is 32.2. The molecule has 0 spiro atoms. The zero-order valence-electron chi connectivity index (χ0n) is 24.6. The first-order valence-corrected chi connectivity index (χ1v) is 16.6. The Hall–Kier alpha value is -3.84. The summed E-state index contributed by atoms with van der Waals surface area (Å²) in [5.41, 5.74) is 9.70. The van der Waals surface area contributed by atoms with Crippen LogP contribution >= 0.6 is 0 Å². The third-order valence-corrected chi connectivity index (χ3v) is 9.56. The lowest BCUT2D eigenvalue weighted by Crippen LogP contribution is -2.51. The van der Waals surface area contributed by atoms with Crippen molar-refractivity contribution in [1.29, 1.82) is 0 Å². The molecule has 0 aliphatic carbocycles. The molecule has 3 heterocycles. The lowest BCUT2D eigenvalue weighted by molar-refractivity contribution is -0.140. The fourth-order valence-corrected chi connectivity index (χ4v) is 6.64. The minimum absolute atomic E-state index is 0.00644. The molecule has 230 valence electrons. The lowest BCUT2D eigenvalue weighted by atomic mass is 9.96. The van der Waals surface area contributed by atoms with Gasteiger partial charge in [-0.1, -0.05) is 23.4 Å². The molecule has 5 rings (SSSR count). The number of hydrogen-bond donors (Lipinski definition) is 2. The number of hydrogen-bond acceptors (Lipinski definition) is 8. The lowest BCUT2D eigenvalue weighted by Gasteiger charge is -2.27. The van der Waals surface area contributed by atoms with Crippen LogP contribution in [0.25, 0.3) is 11.0 Å². The van der Waals surface area contributed by atoms with Crippen LogP contribution in [0.4, 0.5) is 0 Å². The largest absolute Gasteiger partial charge is 0.350 e. The number of rotatable bonds is 10. The van der Waals surface area contributed by atoms with Gasteiger partial charge in [0.2, 0.25) is 17.7 Å². The third kappa shape index (κ3) is 7.21. The van der Waals surface area contributed by atoms with Crippen molar-refractivity contribution in [2.45, 2.75) is 62.0 Å². The van der Waals surface area contributed by atoms with Gasteiger partial charge in [-0.15, -0.1) is 5.10 Å². The summed E-state index contributed by atoms with van der Waals surface area (Å²) in [6.07, 6.45) is 4.57. The second-order valence-corrected chi connectivity index (χ2v) is 13.7. The van der Waals surface area contributed by atoms with E-state index in [0.717, 1.165) is 48.1 Å². The number of aryl methyl sites for hydroxylation is 1. The Labute approximate surface area is 251 Å². The molecule has 13 heteroatoms. The highest BCUT2D eigenvalue weighted by molar-refractivity contribution is 7.90. The van der Waals surface area contributed by atoms with E-state index in [1.165, 1.54) is 6.26 Å². The van der Waals surface area contributed by atoms with Crippen LogP contribution < -0.4 is 11.1 Å². The molecule has 0 radical (unpaired) electrons. The van der Waals surface area contributed by atoms with Gasteiger partial charge in [0, 0.05) is 45.9 Å². The fourth-order valence-electron chi connectivity index (χ4n) is 6.01. The predicted octanol–water partition coefficient (Wildman–Crippen LogP) is 1.18. The summed E-state index contributed by atoms with van der Waals surface area (Å²) >= 11 is 0. The van der Waals surface area contributed by atoms with Crippen LogP contribution in [0.15, 0.2) is 47.4 Å². The van der Waals surface area contributed by atoms with E-state index < -0.39 is 21.9 Å². The van der Waals surface area contributed by atoms with Gasteiger partial charge in [0.1, 0.15) is 11.6 Å². The molecule has 2 aliphatic heterocycles. The summed E-state index contributed by atoms with van der Waals surface area (Å²) in [6.45, 7) is 2.09. The maximum absolute atomic E-state index is 13.6. The molecule has 2 fully saturated rings. The van der Waals surface area contributed by atoms with E-state index in [2.05, 4.69) is 15.6 Å². The van der Waals surface area contributed by atoms with Gasteiger partial charge in [0.25, 0.3) is 0 Å². The summed E-state index contributed by atoms with van der Waals surface area (Å²) in [7, 11) is -1.50. The van der Waals surface area contributed by atoms with Crippen LogP contribution in [0.5, 0.6) is 0 Å². The molecule has 2 saturated heterocycles. The summed E-state index contributed by atoms with van der Waals surface area (Å²) in [5.74, 6) is -0.641. The van der Waals surface area contributed by atoms with Crippen LogP contribution in [0, 0.1) is 5.92 Å². The van der Waals surface area contributed by atoms with Crippen molar-refractivity contribution >= 4 is 38.6 Å². The van der Waals surface area contributed by atoms with Gasteiger partial charge in [-0.3, -0.25) is 14.4 Å². The zero-order chi connectivity index (χ0) is 30.7. The Morgan fingerprint density at radius 2 is 1.77 bits per heavy atom. The maximum Gasteiger partial charge on any atom is 0.243 e. The van der Waals surface area contributed by atoms with Gasteiger partial charge in [0.15, 0.2) is 9.84 Å². The van der Waals surface area contributed by atoms with Crippen LogP contribution in [-0.2, 0) is 44.2 Å². The van der Waals surface area contributed by atoms with Crippen LogP contribution in [-0.4, -0.2) is 88.9 Å². The number of amides is 3. The molecule has 3 N–H and O–H groups in total. The number of nitrogens with two attached hydrogens (primary N) is 1. The van der Waals surface area contributed by atoms with Crippen molar-refractivity contribution in [2.24, 2.45) is 18.7 Å². The molecule has 2 aromatic carbocycles. The highest BCUT2D eigenvalue weighted by Gasteiger charge is 2.41. The first-order chi connectivity index (χ1) is 20.5. The van der Waals surface area contributed by atoms with Gasteiger partial charge >= 0.3 is 0 Å². The standard InChI is InChI=1S/C30H39N7O5S/c1-35-26-11-7-21(16-25(26)33-34-35)18-32-29(39)27-17-22(15-20-5-8-23(9-6-20)43(2,41)42)19-37(27)30(40)24(31)10-12-28(38)36-13-3-4-14-36/h5-9,11,16,22,24,27H,3-4,10,12-15,17-19,31H2,1-2H3,(H,32,39). The Balaban J connectivity index is 1.26. The van der Waals surface area contributed by atoms with Crippen molar-refractivity contribution in [3.63, 3.8) is 0 Å². The Morgan fingerprint density at radius 3 is 2.47 bits per heavy atom. The Morgan fingerprint density at radius 1 is 1.07 bits per heavy atom. The summed E-state index contributed by atoms with van der Waals surface area (Å²) in [5, 5.41) is 11.1. The van der Waals surface area contributed by atoms with Gasteiger partial charge in [-0.05, 0) is 73.4 Å². The van der Waals surface area contributed by atoms with Crippen molar-refractivity contribution in [3.05, 3.63) is 53.6 Å². The predicted molar refractivity (Wildman–Crippen MR) is 160 cm³/mol. The molecule has 0 saturated carbocycles. The van der Waals surface area contributed by atoms with Gasteiger partial charge < -0.3 is 20.9 Å². The van der Waals surface area contributed by atoms with Gasteiger partial charge in [-0.25, -0.2) is 13.1 Å². The maximum atomic E-state index is 13.6. The van der Waals surface area contributed by atoms with Crippen molar-refractivity contribution < 1.29 is 22.8 Å². The van der Waals surface area contributed by atoms with Crippen LogP contribution in [0.2, 0.25) is 0 Å². The Bertz CT molecular complexity index is 1600. The van der Waals surface area contributed by atoms with E-state index in [9.17, 15) is 22.8 Å². The first-order valence-electron chi connectivity index (χ1n) is 14.7. The summed E-state index contributed by atoms with van der Waals surface area (Å²) in [6, 6.07) is 10.8. The minimum atomic E-state index is -3.31. The second kappa shape index (κ2) is 12.8. The van der Waals surface area contributed by atoms with Crippen molar-refractivity contribution in [2.75, 3.05) is 25.9 Å². The topological polar surface area (TPSA) is 161 Å². The molecule has 3 aromatic rings. The monoisotopic (exact) mass is 609 g/mol. The van der Waals surface area contributed by atoms with Crippen LogP contribution in [0.1, 0.15) is 43.2 Å². The quantitative estimate of drug-likeness (QED) is 0.347. The molecule has 2 aliphatic rings. The number of nitrogens with one attached hydrogen (secondary N) is 1. The SMILES string of the molecule is Cn1nnc2cc(CNC(=O)C3CC(Cc4ccc(S(C)(=O)=O)cc4)CN3C(=O)C(N)CCC(=O)N3CCCC3)ccc21. The Kier molecular flexibility index (Phi) is 9.11. The molecule has 3 atom stereocenters. The van der Waals surface area contributed by atoms with Crippen LogP contribution in [0.3, 0.4) is 0 Å². The number of likely N-dealkylation sites (tertiary alicyclic amines) is 2. The van der Waals surface area contributed by atoms with Crippen molar-refractivity contribution in [3.8, 4) is 0 Å². The third-order valence-electron chi connectivity index (χ3n) is 8.44. The highest BCUT2D eigenvalue weighted by Crippen LogP contribution is 2.28. The fraction of sp³-hybridized carbons (Fsp3) is 0.500. The number of carbonyl (C=O) groups is 3. The zero-order valence-corrected chi connectivity index (χ0v) is 25.4. The average molecular weight is 610 g/mol. The number of nitrogens with zero attached hydrogens (tertiary/aromatic N) is 5. The summed E-state index contributed by atoms with van der Waals surface area (Å²) < 4.78 is 25.4. The second-order valence-electron chi connectivity index (χ2n) is 11.7. The molecule has 0 bridgehead atoms. The number of carbonyl (C=O) groups excluding carboxylic acids is 3. The molecule has 3 unspecified atom stereocenters. The first kappa shape index (κ1) is 30.6. The van der Waals surface area contributed by atoms with E-state index in [-0.39, 0.29) is 47.9 Å². The van der Waals surface area contributed by atoms with E-state index in [1.807, 2.05) is 30.1 Å². The number of aromatic nitrogens is 3. The molecular formula is C30H39N7O5S. The summed E-state index contributed by atoms with van der Waals surface area (Å²) in [4.78, 5) is 43.2. The minimum Gasteiger partial charge on any atom is -0.350 e. The van der Waals surface area contributed by atoms with E-state index in [4.69, 9.17) is 5.73 Å². The number of benzene rings is 2. The van der Waals surface area contributed by atoms with E-state index in [1.54, 1.807) is 33.8 Å².